The van der Waals surface area contributed by atoms with Crippen LogP contribution in [0.25, 0.3) is 122 Å². The third-order valence-corrected chi connectivity index (χ3v) is 12.0. The number of nitrogens with zero attached hydrogens (tertiary/aromatic N) is 3. The molecule has 286 valence electrons. The largest absolute Gasteiger partial charge is 0.455 e. The van der Waals surface area contributed by atoms with Crippen molar-refractivity contribution in [2.45, 2.75) is 0 Å². The van der Waals surface area contributed by atoms with Gasteiger partial charge in [0.25, 0.3) is 0 Å². The maximum Gasteiger partial charge on any atom is 0.226 e. The first-order valence-electron chi connectivity index (χ1n) is 20.3. The number of rotatable bonds is 6. The van der Waals surface area contributed by atoms with E-state index in [0.717, 1.165) is 88.6 Å². The Hall–Kier alpha value is -7.86. The smallest absolute Gasteiger partial charge is 0.226 e. The van der Waals surface area contributed by atoms with Gasteiger partial charge in [-0.1, -0.05) is 176 Å². The Morgan fingerprint density at radius 3 is 1.75 bits per heavy atom. The molecule has 1 N–H and O–H groups in total. The number of benzene rings is 9. The molecule has 9 aromatic carbocycles. The van der Waals surface area contributed by atoms with Gasteiger partial charge in [-0.2, -0.15) is 9.97 Å². The number of furan rings is 1. The fourth-order valence-corrected chi connectivity index (χ4v) is 9.11. The van der Waals surface area contributed by atoms with E-state index in [2.05, 4.69) is 167 Å². The number of nitrogens with one attached hydrogen (secondary N) is 1. The maximum atomic E-state index is 6.78. The summed E-state index contributed by atoms with van der Waals surface area (Å²) in [4.78, 5) is 17.6. The topological polar surface area (TPSA) is 67.6 Å². The molecule has 0 fully saturated rings. The minimum absolute atomic E-state index is 0.152. The number of hydrogen-bond donors (Lipinski definition) is 1. The minimum Gasteiger partial charge on any atom is -0.455 e. The predicted octanol–water partition coefficient (Wildman–Crippen LogP) is 15.2. The first-order chi connectivity index (χ1) is 30.1. The summed E-state index contributed by atoms with van der Waals surface area (Å²) in [6.45, 7) is 0. The highest BCUT2D eigenvalue weighted by molar-refractivity contribution is 6.28. The Labute approximate surface area is 355 Å². The Kier molecular flexibility index (Phi) is 8.15. The molecule has 0 spiro atoms. The van der Waals surface area contributed by atoms with E-state index in [1.54, 1.807) is 0 Å². The first-order valence-corrected chi connectivity index (χ1v) is 20.7. The van der Waals surface area contributed by atoms with Crippen LogP contribution in [0.5, 0.6) is 0 Å². The summed E-state index contributed by atoms with van der Waals surface area (Å²) < 4.78 is 6.78. The molecule has 0 unspecified atom stereocenters. The van der Waals surface area contributed by atoms with E-state index in [0.29, 0.717) is 11.6 Å². The van der Waals surface area contributed by atoms with Gasteiger partial charge in [0.1, 0.15) is 11.2 Å². The number of hydrogen-bond acceptors (Lipinski definition) is 4. The van der Waals surface area contributed by atoms with Crippen molar-refractivity contribution in [3.8, 4) is 67.3 Å². The Morgan fingerprint density at radius 1 is 0.393 bits per heavy atom. The van der Waals surface area contributed by atoms with Crippen molar-refractivity contribution in [1.82, 2.24) is 19.9 Å². The third-order valence-electron chi connectivity index (χ3n) is 11.8. The Balaban J connectivity index is 0.886. The van der Waals surface area contributed by atoms with Crippen LogP contribution in [0.3, 0.4) is 0 Å². The molecule has 3 aromatic heterocycles. The van der Waals surface area contributed by atoms with E-state index in [1.165, 1.54) is 21.5 Å². The van der Waals surface area contributed by atoms with Crippen molar-refractivity contribution in [2.24, 2.45) is 0 Å². The normalized spacial score (nSPS) is 11.7. The van der Waals surface area contributed by atoms with Gasteiger partial charge >= 0.3 is 0 Å². The van der Waals surface area contributed by atoms with E-state index in [-0.39, 0.29) is 5.28 Å². The van der Waals surface area contributed by atoms with Gasteiger partial charge in [-0.15, -0.1) is 0 Å². The molecule has 0 aliphatic heterocycles. The van der Waals surface area contributed by atoms with E-state index < -0.39 is 0 Å². The van der Waals surface area contributed by atoms with E-state index in [9.17, 15) is 0 Å². The molecule has 0 radical (unpaired) electrons. The molecule has 0 aliphatic rings. The van der Waals surface area contributed by atoms with Gasteiger partial charge in [0, 0.05) is 49.3 Å². The molecule has 0 bridgehead atoms. The van der Waals surface area contributed by atoms with Crippen LogP contribution in [0.4, 0.5) is 0 Å². The minimum atomic E-state index is 0.152. The molecule has 0 amide bonds. The molecule has 0 atom stereocenters. The second-order valence-electron chi connectivity index (χ2n) is 15.4. The summed E-state index contributed by atoms with van der Waals surface area (Å²) in [6, 6.07) is 67.8. The molecule has 61 heavy (non-hydrogen) atoms. The average molecular weight is 801 g/mol. The van der Waals surface area contributed by atoms with Gasteiger partial charge in [0.2, 0.25) is 5.28 Å². The van der Waals surface area contributed by atoms with Crippen LogP contribution >= 0.6 is 11.6 Å². The summed E-state index contributed by atoms with van der Waals surface area (Å²) in [6.07, 6.45) is 0. The highest BCUT2D eigenvalue weighted by Crippen LogP contribution is 2.44. The average Bonchev–Trinajstić information content (AvgIpc) is 3.91. The van der Waals surface area contributed by atoms with Gasteiger partial charge < -0.3 is 9.40 Å². The lowest BCUT2D eigenvalue weighted by atomic mass is 9.94. The molecule has 12 rings (SSSR count). The number of para-hydroxylation sites is 2. The molecular formula is C55H33ClN4O. The SMILES string of the molecule is Clc1nc(-c2ccc(-c3ccccc3)cc2)nc(-c2ccc(-c3cccc(-c4cccc5c4oc4cccc(-c6cccc7c6[nH]c6ccc8ccccc8c67)c45)c3)cc2)n1. The zero-order valence-corrected chi connectivity index (χ0v) is 33.4. The number of H-pyrrole nitrogens is 1. The van der Waals surface area contributed by atoms with Crippen LogP contribution in [0, 0.1) is 0 Å². The van der Waals surface area contributed by atoms with Crippen LogP contribution in [-0.2, 0) is 0 Å². The molecule has 0 saturated heterocycles. The predicted molar refractivity (Wildman–Crippen MR) is 252 cm³/mol. The fraction of sp³-hybridized carbons (Fsp3) is 0. The van der Waals surface area contributed by atoms with Crippen LogP contribution < -0.4 is 0 Å². The van der Waals surface area contributed by atoms with Crippen LogP contribution in [0.15, 0.2) is 199 Å². The quantitative estimate of drug-likeness (QED) is 0.182. The molecule has 0 saturated carbocycles. The number of aromatic amines is 1. The second kappa shape index (κ2) is 14.2. The molecule has 5 nitrogen and oxygen atoms in total. The standard InChI is InChI=1S/C55H33ClN4O/c56-55-59-53(37-26-22-34(23-27-37)33-10-2-1-3-11-33)58-54(60-55)38-28-24-35(25-29-38)39-13-6-14-40(32-39)42-16-7-20-46-50-43(17-9-21-48(50)61-52(42)46)44-18-8-19-45-49-41-15-5-4-12-36(41)30-31-47(49)57-51(44)45/h1-32,57H. The summed E-state index contributed by atoms with van der Waals surface area (Å²) in [7, 11) is 0. The zero-order valence-electron chi connectivity index (χ0n) is 32.6. The van der Waals surface area contributed by atoms with Crippen LogP contribution in [0.1, 0.15) is 0 Å². The van der Waals surface area contributed by atoms with Crippen molar-refractivity contribution in [3.63, 3.8) is 0 Å². The van der Waals surface area contributed by atoms with E-state index in [4.69, 9.17) is 21.0 Å². The Bertz CT molecular complexity index is 3650. The highest BCUT2D eigenvalue weighted by Gasteiger charge is 2.19. The van der Waals surface area contributed by atoms with Crippen molar-refractivity contribution >= 4 is 66.1 Å². The van der Waals surface area contributed by atoms with Crippen molar-refractivity contribution in [3.05, 3.63) is 199 Å². The molecule has 0 aliphatic carbocycles. The number of aromatic nitrogens is 4. The summed E-state index contributed by atoms with van der Waals surface area (Å²) in [5.74, 6) is 1.05. The van der Waals surface area contributed by atoms with E-state index in [1.807, 2.05) is 42.5 Å². The summed E-state index contributed by atoms with van der Waals surface area (Å²) >= 11 is 6.47. The number of halogens is 1. The highest BCUT2D eigenvalue weighted by atomic mass is 35.5. The lowest BCUT2D eigenvalue weighted by Gasteiger charge is -2.09. The van der Waals surface area contributed by atoms with Gasteiger partial charge in [-0.25, -0.2) is 4.98 Å². The number of fused-ring (bicyclic) bond motifs is 8. The zero-order chi connectivity index (χ0) is 40.4. The van der Waals surface area contributed by atoms with Crippen LogP contribution in [0.2, 0.25) is 5.28 Å². The van der Waals surface area contributed by atoms with E-state index >= 15 is 0 Å². The van der Waals surface area contributed by atoms with Gasteiger partial charge in [-0.05, 0) is 74.0 Å². The van der Waals surface area contributed by atoms with Crippen molar-refractivity contribution < 1.29 is 4.42 Å². The maximum absolute atomic E-state index is 6.78. The second-order valence-corrected chi connectivity index (χ2v) is 15.7. The summed E-state index contributed by atoms with van der Waals surface area (Å²) in [5.41, 5.74) is 14.5. The van der Waals surface area contributed by atoms with Crippen molar-refractivity contribution in [2.75, 3.05) is 0 Å². The lowest BCUT2D eigenvalue weighted by Crippen LogP contribution is -1.97. The fourth-order valence-electron chi connectivity index (χ4n) is 8.95. The third kappa shape index (κ3) is 5.97. The molecule has 12 aromatic rings. The Morgan fingerprint density at radius 2 is 0.967 bits per heavy atom. The summed E-state index contributed by atoms with van der Waals surface area (Å²) in [5, 5.41) is 7.29. The van der Waals surface area contributed by atoms with Gasteiger partial charge in [0.05, 0.1) is 5.52 Å². The molecule has 6 heteroatoms. The molecule has 3 heterocycles. The lowest BCUT2D eigenvalue weighted by molar-refractivity contribution is 0.670. The van der Waals surface area contributed by atoms with Crippen molar-refractivity contribution in [1.29, 1.82) is 0 Å². The monoisotopic (exact) mass is 800 g/mol. The van der Waals surface area contributed by atoms with Gasteiger partial charge in [0.15, 0.2) is 11.6 Å². The first kappa shape index (κ1) is 35.1. The van der Waals surface area contributed by atoms with Gasteiger partial charge in [-0.3, -0.25) is 0 Å². The molecular weight excluding hydrogens is 768 g/mol. The van der Waals surface area contributed by atoms with Crippen LogP contribution in [-0.4, -0.2) is 19.9 Å².